The van der Waals surface area contributed by atoms with Crippen LogP contribution < -0.4 is 9.64 Å². The number of nitrogens with zero attached hydrogens (tertiary/aromatic N) is 4. The monoisotopic (exact) mass is 462 g/mol. The van der Waals surface area contributed by atoms with Crippen LogP contribution in [0.2, 0.25) is 0 Å². The molecule has 1 heterocycles. The van der Waals surface area contributed by atoms with E-state index in [4.69, 9.17) is 4.52 Å². The number of rotatable bonds is 6. The summed E-state index contributed by atoms with van der Waals surface area (Å²) in [6, 6.07) is 10.2. The molecule has 2 aromatic carbocycles. The summed E-state index contributed by atoms with van der Waals surface area (Å²) in [5, 5.41) is 15.5. The molecule has 1 aliphatic rings. The van der Waals surface area contributed by atoms with E-state index in [0.29, 0.717) is 5.69 Å². The number of halogens is 3. The van der Waals surface area contributed by atoms with Gasteiger partial charge in [-0.05, 0) is 37.1 Å². The second kappa shape index (κ2) is 9.08. The van der Waals surface area contributed by atoms with E-state index >= 15 is 0 Å². The van der Waals surface area contributed by atoms with Crippen molar-refractivity contribution in [2.24, 2.45) is 0 Å². The zero-order valence-electron chi connectivity index (χ0n) is 17.7. The standard InChI is InChI=1S/C22H21F3N4O4/c1-28(15-7-3-2-4-8-15)17-12-11-14(13-18(17)29(30)31)21-26-20(27-33-21)16-9-5-6-10-19(16)32-22(23,24)25/h5-6,9-13,15H,2-4,7-8H2,1H3. The first-order chi connectivity index (χ1) is 15.7. The van der Waals surface area contributed by atoms with Crippen molar-refractivity contribution < 1.29 is 27.4 Å². The maximum Gasteiger partial charge on any atom is 0.573 e. The number of anilines is 1. The number of nitro groups is 1. The molecule has 1 aromatic heterocycles. The average molecular weight is 462 g/mol. The molecule has 0 bridgehead atoms. The minimum Gasteiger partial charge on any atom is -0.405 e. The SMILES string of the molecule is CN(c1ccc(-c2nc(-c3ccccc3OC(F)(F)F)no2)cc1[N+](=O)[O-])C1CCCCC1. The molecule has 11 heteroatoms. The number of alkyl halides is 3. The fraction of sp³-hybridized carbons (Fsp3) is 0.364. The van der Waals surface area contributed by atoms with Gasteiger partial charge in [0.25, 0.3) is 11.6 Å². The van der Waals surface area contributed by atoms with E-state index in [9.17, 15) is 23.3 Å². The first-order valence-electron chi connectivity index (χ1n) is 10.4. The Labute approximate surface area is 187 Å². The third-order valence-corrected chi connectivity index (χ3v) is 5.70. The Balaban J connectivity index is 1.65. The number of ether oxygens (including phenoxy) is 1. The molecule has 0 atom stereocenters. The van der Waals surface area contributed by atoms with Crippen LogP contribution in [0.3, 0.4) is 0 Å². The molecular weight excluding hydrogens is 441 g/mol. The maximum absolute atomic E-state index is 12.7. The summed E-state index contributed by atoms with van der Waals surface area (Å²) in [7, 11) is 1.85. The Hall–Kier alpha value is -3.63. The van der Waals surface area contributed by atoms with Crippen LogP contribution in [0, 0.1) is 10.1 Å². The van der Waals surface area contributed by atoms with Gasteiger partial charge in [0.1, 0.15) is 11.4 Å². The number of nitro benzene ring substituents is 1. The second-order valence-electron chi connectivity index (χ2n) is 7.83. The van der Waals surface area contributed by atoms with Gasteiger partial charge >= 0.3 is 6.36 Å². The van der Waals surface area contributed by atoms with Crippen LogP contribution in [0.4, 0.5) is 24.5 Å². The van der Waals surface area contributed by atoms with Crippen molar-refractivity contribution in [2.75, 3.05) is 11.9 Å². The van der Waals surface area contributed by atoms with Crippen molar-refractivity contribution in [3.63, 3.8) is 0 Å². The highest BCUT2D eigenvalue weighted by atomic mass is 19.4. The van der Waals surface area contributed by atoms with Gasteiger partial charge in [-0.25, -0.2) is 0 Å². The maximum atomic E-state index is 12.7. The van der Waals surface area contributed by atoms with Gasteiger partial charge in [0.2, 0.25) is 5.82 Å². The van der Waals surface area contributed by atoms with Crippen molar-refractivity contribution in [2.45, 2.75) is 44.5 Å². The summed E-state index contributed by atoms with van der Waals surface area (Å²) in [4.78, 5) is 17.4. The van der Waals surface area contributed by atoms with E-state index in [-0.39, 0.29) is 34.6 Å². The smallest absolute Gasteiger partial charge is 0.405 e. The Morgan fingerprint density at radius 2 is 1.88 bits per heavy atom. The summed E-state index contributed by atoms with van der Waals surface area (Å²) < 4.78 is 47.4. The van der Waals surface area contributed by atoms with E-state index in [0.717, 1.165) is 31.7 Å². The van der Waals surface area contributed by atoms with Crippen LogP contribution in [-0.4, -0.2) is 34.5 Å². The van der Waals surface area contributed by atoms with E-state index in [1.807, 2.05) is 11.9 Å². The van der Waals surface area contributed by atoms with E-state index in [2.05, 4.69) is 14.9 Å². The number of aromatic nitrogens is 2. The molecule has 0 amide bonds. The van der Waals surface area contributed by atoms with Crippen LogP contribution in [0.5, 0.6) is 5.75 Å². The number of hydrogen-bond acceptors (Lipinski definition) is 7. The molecule has 174 valence electrons. The third-order valence-electron chi connectivity index (χ3n) is 5.70. The van der Waals surface area contributed by atoms with Crippen LogP contribution in [0.15, 0.2) is 47.0 Å². The van der Waals surface area contributed by atoms with Crippen molar-refractivity contribution in [1.82, 2.24) is 10.1 Å². The second-order valence-corrected chi connectivity index (χ2v) is 7.83. The normalized spacial score (nSPS) is 14.8. The van der Waals surface area contributed by atoms with E-state index in [1.54, 1.807) is 12.1 Å². The Kier molecular flexibility index (Phi) is 6.21. The molecular formula is C22H21F3N4O4. The lowest BCUT2D eigenvalue weighted by molar-refractivity contribution is -0.384. The summed E-state index contributed by atoms with van der Waals surface area (Å²) in [6.07, 6.45) is 0.408. The Morgan fingerprint density at radius 3 is 2.58 bits per heavy atom. The molecule has 0 unspecified atom stereocenters. The highest BCUT2D eigenvalue weighted by Crippen LogP contribution is 2.37. The zero-order valence-corrected chi connectivity index (χ0v) is 17.7. The molecule has 4 rings (SSSR count). The van der Waals surface area contributed by atoms with E-state index < -0.39 is 17.0 Å². The molecule has 0 aliphatic heterocycles. The average Bonchev–Trinajstić information content (AvgIpc) is 3.28. The van der Waals surface area contributed by atoms with Crippen LogP contribution in [-0.2, 0) is 0 Å². The van der Waals surface area contributed by atoms with Crippen molar-refractivity contribution in [1.29, 1.82) is 0 Å². The molecule has 0 radical (unpaired) electrons. The minimum atomic E-state index is -4.89. The number of hydrogen-bond donors (Lipinski definition) is 0. The van der Waals surface area contributed by atoms with E-state index in [1.165, 1.54) is 30.7 Å². The van der Waals surface area contributed by atoms with Gasteiger partial charge < -0.3 is 14.2 Å². The van der Waals surface area contributed by atoms with Crippen molar-refractivity contribution >= 4 is 11.4 Å². The molecule has 0 N–H and O–H groups in total. The third kappa shape index (κ3) is 5.07. The molecule has 3 aromatic rings. The quantitative estimate of drug-likeness (QED) is 0.329. The topological polar surface area (TPSA) is 94.5 Å². The van der Waals surface area contributed by atoms with Crippen molar-refractivity contribution in [3.8, 4) is 28.6 Å². The molecule has 33 heavy (non-hydrogen) atoms. The highest BCUT2D eigenvalue weighted by Gasteiger charge is 2.33. The first-order valence-corrected chi connectivity index (χ1v) is 10.4. The summed E-state index contributed by atoms with van der Waals surface area (Å²) >= 11 is 0. The number of para-hydroxylation sites is 1. The molecule has 1 saturated carbocycles. The van der Waals surface area contributed by atoms with Gasteiger partial charge in [0, 0.05) is 24.7 Å². The lowest BCUT2D eigenvalue weighted by Gasteiger charge is -2.32. The fourth-order valence-electron chi connectivity index (χ4n) is 4.08. The summed E-state index contributed by atoms with van der Waals surface area (Å²) in [6.45, 7) is 0. The largest absolute Gasteiger partial charge is 0.573 e. The zero-order chi connectivity index (χ0) is 23.6. The predicted octanol–water partition coefficient (Wildman–Crippen LogP) is 5.98. The molecule has 1 fully saturated rings. The highest BCUT2D eigenvalue weighted by molar-refractivity contribution is 5.72. The predicted molar refractivity (Wildman–Crippen MR) is 114 cm³/mol. The molecule has 0 spiro atoms. The molecule has 1 aliphatic carbocycles. The minimum absolute atomic E-state index is 0.0204. The van der Waals surface area contributed by atoms with Gasteiger partial charge in [-0.15, -0.1) is 13.2 Å². The number of benzene rings is 2. The summed E-state index contributed by atoms with van der Waals surface area (Å²) in [5.74, 6) is -0.662. The fourth-order valence-corrected chi connectivity index (χ4v) is 4.08. The van der Waals surface area contributed by atoms with Gasteiger partial charge in [0.05, 0.1) is 10.5 Å². The molecule has 0 saturated heterocycles. The van der Waals surface area contributed by atoms with Crippen LogP contribution in [0.25, 0.3) is 22.8 Å². The van der Waals surface area contributed by atoms with Crippen LogP contribution >= 0.6 is 0 Å². The Bertz CT molecular complexity index is 1140. The van der Waals surface area contributed by atoms with Crippen molar-refractivity contribution in [3.05, 3.63) is 52.6 Å². The first kappa shape index (κ1) is 22.6. The van der Waals surface area contributed by atoms with Gasteiger partial charge in [-0.3, -0.25) is 10.1 Å². The molecule has 8 nitrogen and oxygen atoms in total. The lowest BCUT2D eigenvalue weighted by Crippen LogP contribution is -2.33. The Morgan fingerprint density at radius 1 is 1.15 bits per heavy atom. The van der Waals surface area contributed by atoms with Crippen LogP contribution in [0.1, 0.15) is 32.1 Å². The van der Waals surface area contributed by atoms with Gasteiger partial charge in [-0.2, -0.15) is 4.98 Å². The van der Waals surface area contributed by atoms with Gasteiger partial charge in [-0.1, -0.05) is 36.6 Å². The lowest BCUT2D eigenvalue weighted by atomic mass is 9.94. The van der Waals surface area contributed by atoms with Gasteiger partial charge in [0.15, 0.2) is 0 Å². The summed E-state index contributed by atoms with van der Waals surface area (Å²) in [5.41, 5.74) is 0.642.